The molecule has 0 aromatic carbocycles. The van der Waals surface area contributed by atoms with Crippen molar-refractivity contribution in [3.05, 3.63) is 11.6 Å². The lowest BCUT2D eigenvalue weighted by Gasteiger charge is -2.14. The molecular formula is C8H10F3N3O2. The molecule has 4 N–H and O–H groups in total. The Balaban J connectivity index is 3.18. The molecule has 0 amide bonds. The molecule has 0 saturated heterocycles. The van der Waals surface area contributed by atoms with Gasteiger partial charge in [-0.15, -0.1) is 13.2 Å². The lowest BCUT2D eigenvalue weighted by atomic mass is 10.2. The van der Waals surface area contributed by atoms with Crippen molar-refractivity contribution in [2.45, 2.75) is 12.9 Å². The quantitative estimate of drug-likeness (QED) is 0.820. The molecule has 1 aromatic rings. The molecule has 0 aliphatic carbocycles. The Morgan fingerprint density at radius 1 is 1.44 bits per heavy atom. The smallest absolute Gasteiger partial charge is 0.481 e. The van der Waals surface area contributed by atoms with Crippen molar-refractivity contribution >= 4 is 5.82 Å². The first-order valence-electron chi connectivity index (χ1n) is 4.16. The van der Waals surface area contributed by atoms with Crippen LogP contribution in [-0.2, 0) is 6.54 Å². The van der Waals surface area contributed by atoms with Gasteiger partial charge in [0.25, 0.3) is 0 Å². The SMILES string of the molecule is COc1cc(OC(F)(F)F)c(CN)c(N)n1. The van der Waals surface area contributed by atoms with Crippen LogP contribution in [0.1, 0.15) is 5.56 Å². The Hall–Kier alpha value is -1.70. The second kappa shape index (κ2) is 4.44. The van der Waals surface area contributed by atoms with Crippen LogP contribution in [-0.4, -0.2) is 18.5 Å². The first-order chi connectivity index (χ1) is 7.37. The maximum absolute atomic E-state index is 12.1. The molecule has 5 nitrogen and oxygen atoms in total. The Morgan fingerprint density at radius 2 is 2.06 bits per heavy atom. The number of rotatable bonds is 3. The molecule has 0 unspecified atom stereocenters. The fraction of sp³-hybridized carbons (Fsp3) is 0.375. The van der Waals surface area contributed by atoms with E-state index in [0.29, 0.717) is 0 Å². The predicted molar refractivity (Wildman–Crippen MR) is 49.8 cm³/mol. The van der Waals surface area contributed by atoms with Gasteiger partial charge in [0.1, 0.15) is 11.6 Å². The van der Waals surface area contributed by atoms with Crippen molar-refractivity contribution in [3.8, 4) is 11.6 Å². The van der Waals surface area contributed by atoms with E-state index in [1.807, 2.05) is 0 Å². The van der Waals surface area contributed by atoms with E-state index in [-0.39, 0.29) is 23.8 Å². The van der Waals surface area contributed by atoms with Crippen LogP contribution in [0.3, 0.4) is 0 Å². The molecule has 0 aliphatic heterocycles. The van der Waals surface area contributed by atoms with Gasteiger partial charge in [-0.25, -0.2) is 0 Å². The summed E-state index contributed by atoms with van der Waals surface area (Å²) in [5.41, 5.74) is 10.6. The molecule has 16 heavy (non-hydrogen) atoms. The monoisotopic (exact) mass is 237 g/mol. The molecule has 0 spiro atoms. The summed E-state index contributed by atoms with van der Waals surface area (Å²) in [6.45, 7) is -0.214. The molecule has 0 atom stereocenters. The van der Waals surface area contributed by atoms with E-state index < -0.39 is 12.1 Å². The van der Waals surface area contributed by atoms with Crippen molar-refractivity contribution in [2.24, 2.45) is 5.73 Å². The topological polar surface area (TPSA) is 83.4 Å². The molecule has 0 bridgehead atoms. The summed E-state index contributed by atoms with van der Waals surface area (Å²) >= 11 is 0. The number of hydrogen-bond donors (Lipinski definition) is 2. The molecule has 90 valence electrons. The van der Waals surface area contributed by atoms with E-state index in [1.165, 1.54) is 7.11 Å². The molecular weight excluding hydrogens is 227 g/mol. The summed E-state index contributed by atoms with van der Waals surface area (Å²) in [5, 5.41) is 0. The van der Waals surface area contributed by atoms with Gasteiger partial charge < -0.3 is 20.9 Å². The van der Waals surface area contributed by atoms with Gasteiger partial charge in [-0.2, -0.15) is 4.98 Å². The van der Waals surface area contributed by atoms with Crippen LogP contribution in [0.2, 0.25) is 0 Å². The van der Waals surface area contributed by atoms with Gasteiger partial charge in [0.05, 0.1) is 12.7 Å². The lowest BCUT2D eigenvalue weighted by Crippen LogP contribution is -2.19. The summed E-state index contributed by atoms with van der Waals surface area (Å²) < 4.78 is 44.6. The predicted octanol–water partition coefficient (Wildman–Crippen LogP) is 1.03. The number of aromatic nitrogens is 1. The minimum absolute atomic E-state index is 0.0156. The highest BCUT2D eigenvalue weighted by atomic mass is 19.4. The molecule has 1 aromatic heterocycles. The molecule has 0 radical (unpaired) electrons. The van der Waals surface area contributed by atoms with Gasteiger partial charge in [-0.1, -0.05) is 0 Å². The third-order valence-electron chi connectivity index (χ3n) is 1.73. The summed E-state index contributed by atoms with van der Waals surface area (Å²) in [5.74, 6) is -0.727. The zero-order chi connectivity index (χ0) is 12.3. The van der Waals surface area contributed by atoms with Gasteiger partial charge in [0.15, 0.2) is 0 Å². The normalized spacial score (nSPS) is 11.3. The zero-order valence-corrected chi connectivity index (χ0v) is 8.34. The van der Waals surface area contributed by atoms with E-state index in [4.69, 9.17) is 11.5 Å². The van der Waals surface area contributed by atoms with Crippen LogP contribution in [0.15, 0.2) is 6.07 Å². The van der Waals surface area contributed by atoms with E-state index in [9.17, 15) is 13.2 Å². The molecule has 1 rings (SSSR count). The number of ether oxygens (including phenoxy) is 2. The number of nitrogens with two attached hydrogens (primary N) is 2. The highest BCUT2D eigenvalue weighted by Crippen LogP contribution is 2.31. The van der Waals surface area contributed by atoms with Crippen LogP contribution >= 0.6 is 0 Å². The molecule has 8 heteroatoms. The van der Waals surface area contributed by atoms with Crippen molar-refractivity contribution in [1.29, 1.82) is 0 Å². The molecule has 1 heterocycles. The van der Waals surface area contributed by atoms with E-state index in [0.717, 1.165) is 6.07 Å². The number of alkyl halides is 3. The third kappa shape index (κ3) is 2.89. The summed E-state index contributed by atoms with van der Waals surface area (Å²) in [6, 6.07) is 0.978. The van der Waals surface area contributed by atoms with Crippen LogP contribution < -0.4 is 20.9 Å². The summed E-state index contributed by atoms with van der Waals surface area (Å²) in [4.78, 5) is 3.68. The van der Waals surface area contributed by atoms with Crippen molar-refractivity contribution in [3.63, 3.8) is 0 Å². The lowest BCUT2D eigenvalue weighted by molar-refractivity contribution is -0.274. The number of nitrogens with zero attached hydrogens (tertiary/aromatic N) is 1. The fourth-order valence-corrected chi connectivity index (χ4v) is 1.07. The van der Waals surface area contributed by atoms with Crippen LogP contribution in [0, 0.1) is 0 Å². The molecule has 0 saturated carbocycles. The summed E-state index contributed by atoms with van der Waals surface area (Å²) in [7, 11) is 1.25. The number of nitrogen functional groups attached to an aromatic ring is 1. The van der Waals surface area contributed by atoms with Crippen molar-refractivity contribution in [1.82, 2.24) is 4.98 Å². The van der Waals surface area contributed by atoms with Crippen molar-refractivity contribution in [2.75, 3.05) is 12.8 Å². The number of methoxy groups -OCH3 is 1. The van der Waals surface area contributed by atoms with E-state index in [1.54, 1.807) is 0 Å². The van der Waals surface area contributed by atoms with Gasteiger partial charge in [0.2, 0.25) is 5.88 Å². The maximum atomic E-state index is 12.1. The Morgan fingerprint density at radius 3 is 2.50 bits per heavy atom. The minimum Gasteiger partial charge on any atom is -0.481 e. The zero-order valence-electron chi connectivity index (χ0n) is 8.34. The van der Waals surface area contributed by atoms with Gasteiger partial charge >= 0.3 is 6.36 Å². The molecule has 0 fully saturated rings. The van der Waals surface area contributed by atoms with Crippen LogP contribution in [0.4, 0.5) is 19.0 Å². The van der Waals surface area contributed by atoms with Crippen LogP contribution in [0.25, 0.3) is 0 Å². The Bertz CT molecular complexity index is 382. The highest BCUT2D eigenvalue weighted by Gasteiger charge is 2.32. The first-order valence-corrected chi connectivity index (χ1v) is 4.16. The van der Waals surface area contributed by atoms with Gasteiger partial charge in [-0.3, -0.25) is 0 Å². The maximum Gasteiger partial charge on any atom is 0.573 e. The fourth-order valence-electron chi connectivity index (χ4n) is 1.07. The average Bonchev–Trinajstić information content (AvgIpc) is 2.14. The number of halogens is 3. The van der Waals surface area contributed by atoms with Crippen LogP contribution in [0.5, 0.6) is 11.6 Å². The molecule has 0 aliphatic rings. The minimum atomic E-state index is -4.82. The van der Waals surface area contributed by atoms with E-state index >= 15 is 0 Å². The second-order valence-corrected chi connectivity index (χ2v) is 2.78. The standard InChI is InChI=1S/C8H10F3N3O2/c1-15-6-2-5(16-8(9,10)11)4(3-12)7(13)14-6/h2H,3,12H2,1H3,(H2,13,14). The number of pyridine rings is 1. The van der Waals surface area contributed by atoms with Gasteiger partial charge in [0, 0.05) is 12.6 Å². The highest BCUT2D eigenvalue weighted by molar-refractivity contribution is 5.51. The Labute approximate surface area is 89.1 Å². The number of hydrogen-bond acceptors (Lipinski definition) is 5. The average molecular weight is 237 g/mol. The number of anilines is 1. The second-order valence-electron chi connectivity index (χ2n) is 2.78. The first kappa shape index (κ1) is 12.4. The Kier molecular flexibility index (Phi) is 3.43. The van der Waals surface area contributed by atoms with Crippen molar-refractivity contribution < 1.29 is 22.6 Å². The third-order valence-corrected chi connectivity index (χ3v) is 1.73. The largest absolute Gasteiger partial charge is 0.573 e. The van der Waals surface area contributed by atoms with E-state index in [2.05, 4.69) is 14.5 Å². The van der Waals surface area contributed by atoms with Gasteiger partial charge in [-0.05, 0) is 0 Å². The summed E-state index contributed by atoms with van der Waals surface area (Å²) in [6.07, 6.45) is -4.82.